The van der Waals surface area contributed by atoms with E-state index < -0.39 is 4.92 Å². The molecular weight excluding hydrogens is 336 g/mol. The van der Waals surface area contributed by atoms with E-state index in [1.54, 1.807) is 0 Å². The maximum absolute atomic E-state index is 11.8. The van der Waals surface area contributed by atoms with Gasteiger partial charge in [0, 0.05) is 18.7 Å². The van der Waals surface area contributed by atoms with Crippen LogP contribution in [0, 0.1) is 16.0 Å². The van der Waals surface area contributed by atoms with Gasteiger partial charge < -0.3 is 14.8 Å². The number of hydrogen-bond donors (Lipinski definition) is 1. The number of non-ortho nitro benzene ring substituents is 1. The molecule has 0 aromatic heterocycles. The summed E-state index contributed by atoms with van der Waals surface area (Å²) in [5, 5.41) is 13.3. The van der Waals surface area contributed by atoms with Crippen LogP contribution in [0.4, 0.5) is 5.69 Å². The van der Waals surface area contributed by atoms with Crippen LogP contribution in [-0.4, -0.2) is 24.0 Å². The average Bonchev–Trinajstić information content (AvgIpc) is 2.64. The van der Waals surface area contributed by atoms with Crippen molar-refractivity contribution < 1.29 is 19.2 Å². The molecule has 2 rings (SSSR count). The molecule has 0 spiro atoms. The number of nitrogens with one attached hydrogen (secondary N) is 1. The number of amides is 1. The van der Waals surface area contributed by atoms with Gasteiger partial charge in [0.1, 0.15) is 11.5 Å². The van der Waals surface area contributed by atoms with E-state index in [-0.39, 0.29) is 18.2 Å². The Hall–Kier alpha value is -3.09. The van der Waals surface area contributed by atoms with Crippen molar-refractivity contribution in [2.45, 2.75) is 20.4 Å². The van der Waals surface area contributed by atoms with E-state index in [0.717, 1.165) is 11.3 Å². The van der Waals surface area contributed by atoms with E-state index in [2.05, 4.69) is 19.2 Å². The zero-order chi connectivity index (χ0) is 18.9. The molecule has 2 aromatic carbocycles. The summed E-state index contributed by atoms with van der Waals surface area (Å²) < 4.78 is 10.9. The SMILES string of the molecule is CC(C)COc1ccc(CNC(=O)COc2ccc([N+](=O)[O-])cc2)cc1. The molecule has 7 heteroatoms. The quantitative estimate of drug-likeness (QED) is 0.548. The van der Waals surface area contributed by atoms with E-state index in [1.807, 2.05) is 24.3 Å². The van der Waals surface area contributed by atoms with Crippen LogP contribution in [0.15, 0.2) is 48.5 Å². The molecule has 138 valence electrons. The van der Waals surface area contributed by atoms with Crippen LogP contribution >= 0.6 is 0 Å². The molecule has 0 atom stereocenters. The number of nitrogens with zero attached hydrogens (tertiary/aromatic N) is 1. The van der Waals surface area contributed by atoms with Gasteiger partial charge in [0.05, 0.1) is 11.5 Å². The number of benzene rings is 2. The van der Waals surface area contributed by atoms with Crippen molar-refractivity contribution in [3.8, 4) is 11.5 Å². The largest absolute Gasteiger partial charge is 0.493 e. The second-order valence-electron chi connectivity index (χ2n) is 6.17. The van der Waals surface area contributed by atoms with Crippen LogP contribution in [0.25, 0.3) is 0 Å². The second-order valence-corrected chi connectivity index (χ2v) is 6.17. The van der Waals surface area contributed by atoms with Crippen molar-refractivity contribution in [3.63, 3.8) is 0 Å². The lowest BCUT2D eigenvalue weighted by molar-refractivity contribution is -0.384. The van der Waals surface area contributed by atoms with Crippen molar-refractivity contribution in [1.29, 1.82) is 0 Å². The lowest BCUT2D eigenvalue weighted by Crippen LogP contribution is -2.28. The van der Waals surface area contributed by atoms with Crippen LogP contribution in [0.2, 0.25) is 0 Å². The lowest BCUT2D eigenvalue weighted by Gasteiger charge is -2.10. The highest BCUT2D eigenvalue weighted by Crippen LogP contribution is 2.17. The zero-order valence-electron chi connectivity index (χ0n) is 14.8. The first-order chi connectivity index (χ1) is 12.4. The van der Waals surface area contributed by atoms with Crippen LogP contribution < -0.4 is 14.8 Å². The normalized spacial score (nSPS) is 10.4. The highest BCUT2D eigenvalue weighted by atomic mass is 16.6. The molecule has 0 saturated heterocycles. The molecule has 0 aliphatic rings. The molecular formula is C19H22N2O5. The molecule has 26 heavy (non-hydrogen) atoms. The summed E-state index contributed by atoms with van der Waals surface area (Å²) in [6.45, 7) is 5.06. The van der Waals surface area contributed by atoms with Gasteiger partial charge in [0.2, 0.25) is 0 Å². The van der Waals surface area contributed by atoms with Gasteiger partial charge in [-0.3, -0.25) is 14.9 Å². The van der Waals surface area contributed by atoms with Crippen LogP contribution in [0.3, 0.4) is 0 Å². The Morgan fingerprint density at radius 1 is 1.04 bits per heavy atom. The van der Waals surface area contributed by atoms with Gasteiger partial charge in [-0.05, 0) is 35.7 Å². The predicted octanol–water partition coefficient (Wildman–Crippen LogP) is 3.32. The number of nitro benzene ring substituents is 1. The Morgan fingerprint density at radius 2 is 1.62 bits per heavy atom. The smallest absolute Gasteiger partial charge is 0.269 e. The molecule has 0 fully saturated rings. The Kier molecular flexibility index (Phi) is 6.96. The molecule has 1 amide bonds. The van der Waals surface area contributed by atoms with E-state index in [4.69, 9.17) is 9.47 Å². The van der Waals surface area contributed by atoms with Gasteiger partial charge in [-0.25, -0.2) is 0 Å². The molecule has 1 N–H and O–H groups in total. The lowest BCUT2D eigenvalue weighted by atomic mass is 10.2. The molecule has 0 radical (unpaired) electrons. The van der Waals surface area contributed by atoms with E-state index >= 15 is 0 Å². The molecule has 0 saturated carbocycles. The van der Waals surface area contributed by atoms with Gasteiger partial charge in [-0.1, -0.05) is 26.0 Å². The minimum Gasteiger partial charge on any atom is -0.493 e. The molecule has 0 heterocycles. The zero-order valence-corrected chi connectivity index (χ0v) is 14.8. The van der Waals surface area contributed by atoms with Crippen LogP contribution in [-0.2, 0) is 11.3 Å². The maximum atomic E-state index is 11.8. The first-order valence-electron chi connectivity index (χ1n) is 8.29. The van der Waals surface area contributed by atoms with Crippen molar-refractivity contribution in [3.05, 3.63) is 64.2 Å². The highest BCUT2D eigenvalue weighted by Gasteiger charge is 2.07. The number of hydrogen-bond acceptors (Lipinski definition) is 5. The minimum atomic E-state index is -0.490. The summed E-state index contributed by atoms with van der Waals surface area (Å²) >= 11 is 0. The first kappa shape index (κ1) is 19.2. The Morgan fingerprint density at radius 3 is 2.19 bits per heavy atom. The van der Waals surface area contributed by atoms with Crippen LogP contribution in [0.1, 0.15) is 19.4 Å². The number of carbonyl (C=O) groups excluding carboxylic acids is 1. The molecule has 0 aliphatic carbocycles. The van der Waals surface area contributed by atoms with Crippen LogP contribution in [0.5, 0.6) is 11.5 Å². The Bertz CT molecular complexity index is 727. The standard InChI is InChI=1S/C19H22N2O5/c1-14(2)12-25-17-7-3-15(4-8-17)11-20-19(22)13-26-18-9-5-16(6-10-18)21(23)24/h3-10,14H,11-13H2,1-2H3,(H,20,22). The number of nitro groups is 1. The minimum absolute atomic E-state index is 0.0253. The third-order valence-corrected chi connectivity index (χ3v) is 3.41. The van der Waals surface area contributed by atoms with Crippen molar-refractivity contribution in [2.24, 2.45) is 5.92 Å². The Balaban J connectivity index is 1.73. The molecule has 2 aromatic rings. The Labute approximate surface area is 152 Å². The number of carbonyl (C=O) groups is 1. The van der Waals surface area contributed by atoms with E-state index in [1.165, 1.54) is 24.3 Å². The van der Waals surface area contributed by atoms with E-state index in [0.29, 0.717) is 24.8 Å². The number of rotatable bonds is 9. The topological polar surface area (TPSA) is 90.7 Å². The fourth-order valence-corrected chi connectivity index (χ4v) is 2.03. The van der Waals surface area contributed by atoms with Gasteiger partial charge in [0.15, 0.2) is 6.61 Å². The summed E-state index contributed by atoms with van der Waals surface area (Å²) in [6, 6.07) is 13.1. The third-order valence-electron chi connectivity index (χ3n) is 3.41. The monoisotopic (exact) mass is 358 g/mol. The summed E-state index contributed by atoms with van der Waals surface area (Å²) in [5.41, 5.74) is 0.924. The third kappa shape index (κ3) is 6.43. The van der Waals surface area contributed by atoms with Gasteiger partial charge in [-0.15, -0.1) is 0 Å². The summed E-state index contributed by atoms with van der Waals surface area (Å²) in [7, 11) is 0. The first-order valence-corrected chi connectivity index (χ1v) is 8.29. The van der Waals surface area contributed by atoms with Gasteiger partial charge >= 0.3 is 0 Å². The van der Waals surface area contributed by atoms with Crippen molar-refractivity contribution in [2.75, 3.05) is 13.2 Å². The maximum Gasteiger partial charge on any atom is 0.269 e. The molecule has 0 aliphatic heterocycles. The summed E-state index contributed by atoms with van der Waals surface area (Å²) in [5.74, 6) is 1.39. The molecule has 0 unspecified atom stereocenters. The number of ether oxygens (including phenoxy) is 2. The molecule has 0 bridgehead atoms. The average molecular weight is 358 g/mol. The second kappa shape index (κ2) is 9.41. The van der Waals surface area contributed by atoms with E-state index in [9.17, 15) is 14.9 Å². The molecule has 7 nitrogen and oxygen atoms in total. The van der Waals surface area contributed by atoms with Crippen molar-refractivity contribution >= 4 is 11.6 Å². The van der Waals surface area contributed by atoms with Gasteiger partial charge in [0.25, 0.3) is 11.6 Å². The highest BCUT2D eigenvalue weighted by molar-refractivity contribution is 5.77. The summed E-state index contributed by atoms with van der Waals surface area (Å²) in [4.78, 5) is 21.9. The van der Waals surface area contributed by atoms with Gasteiger partial charge in [-0.2, -0.15) is 0 Å². The predicted molar refractivity (Wildman–Crippen MR) is 97.2 cm³/mol. The fraction of sp³-hybridized carbons (Fsp3) is 0.316. The summed E-state index contributed by atoms with van der Waals surface area (Å²) in [6.07, 6.45) is 0. The van der Waals surface area contributed by atoms with Crippen molar-refractivity contribution in [1.82, 2.24) is 5.32 Å². The fourth-order valence-electron chi connectivity index (χ4n) is 2.03.